The van der Waals surface area contributed by atoms with Gasteiger partial charge in [0.25, 0.3) is 0 Å². The van der Waals surface area contributed by atoms with Gasteiger partial charge in [-0.1, -0.05) is 30.3 Å². The molecule has 2 heteroatoms. The Morgan fingerprint density at radius 3 is 2.50 bits per heavy atom. The minimum absolute atomic E-state index is 0.463. The third-order valence-corrected chi connectivity index (χ3v) is 3.76. The van der Waals surface area contributed by atoms with E-state index in [4.69, 9.17) is 5.73 Å². The van der Waals surface area contributed by atoms with Crippen LogP contribution in [0.25, 0.3) is 0 Å². The summed E-state index contributed by atoms with van der Waals surface area (Å²) >= 11 is 0. The van der Waals surface area contributed by atoms with Gasteiger partial charge in [0, 0.05) is 18.6 Å². The molecule has 2 rings (SSSR count). The van der Waals surface area contributed by atoms with Crippen molar-refractivity contribution in [3.8, 4) is 0 Å². The topological polar surface area (TPSA) is 29.3 Å². The largest absolute Gasteiger partial charge is 0.328 e. The highest BCUT2D eigenvalue weighted by molar-refractivity contribution is 5.18. The molecule has 0 spiro atoms. The molecule has 0 bridgehead atoms. The van der Waals surface area contributed by atoms with Gasteiger partial charge in [-0.2, -0.15) is 0 Å². The molecule has 0 saturated heterocycles. The lowest BCUT2D eigenvalue weighted by Crippen LogP contribution is -2.42. The van der Waals surface area contributed by atoms with Crippen LogP contribution in [0.4, 0.5) is 0 Å². The predicted octanol–water partition coefficient (Wildman–Crippen LogP) is 2.42. The van der Waals surface area contributed by atoms with Crippen LogP contribution in [-0.2, 0) is 0 Å². The Labute approximate surface area is 98.4 Å². The van der Waals surface area contributed by atoms with Gasteiger partial charge in [0.15, 0.2) is 0 Å². The first kappa shape index (κ1) is 11.6. The van der Waals surface area contributed by atoms with Gasteiger partial charge in [-0.05, 0) is 38.3 Å². The summed E-state index contributed by atoms with van der Waals surface area (Å²) in [6.07, 6.45) is 2.40. The predicted molar refractivity (Wildman–Crippen MR) is 68.2 cm³/mol. The molecule has 0 heterocycles. The van der Waals surface area contributed by atoms with Crippen LogP contribution in [0.3, 0.4) is 0 Å². The Balaban J connectivity index is 1.87. The number of nitrogens with two attached hydrogens (primary N) is 1. The van der Waals surface area contributed by atoms with Crippen LogP contribution >= 0.6 is 0 Å². The zero-order chi connectivity index (χ0) is 11.5. The third-order valence-electron chi connectivity index (χ3n) is 3.76. The summed E-state index contributed by atoms with van der Waals surface area (Å²) < 4.78 is 0. The number of nitrogens with zero attached hydrogens (tertiary/aromatic N) is 1. The van der Waals surface area contributed by atoms with E-state index in [9.17, 15) is 0 Å². The summed E-state index contributed by atoms with van der Waals surface area (Å²) in [6, 6.07) is 11.7. The van der Waals surface area contributed by atoms with Crippen molar-refractivity contribution in [3.05, 3.63) is 35.9 Å². The van der Waals surface area contributed by atoms with Gasteiger partial charge in [-0.3, -0.25) is 4.90 Å². The van der Waals surface area contributed by atoms with Gasteiger partial charge < -0.3 is 5.73 Å². The van der Waals surface area contributed by atoms with Crippen LogP contribution in [0.1, 0.15) is 31.4 Å². The van der Waals surface area contributed by atoms with Crippen LogP contribution in [0.15, 0.2) is 30.3 Å². The maximum absolute atomic E-state index is 5.81. The molecule has 0 radical (unpaired) electrons. The van der Waals surface area contributed by atoms with Gasteiger partial charge in [0.05, 0.1) is 0 Å². The average Bonchev–Trinajstić information content (AvgIpc) is 2.27. The molecule has 16 heavy (non-hydrogen) atoms. The highest BCUT2D eigenvalue weighted by atomic mass is 15.1. The second-order valence-electron chi connectivity index (χ2n) is 5.12. The van der Waals surface area contributed by atoms with Crippen molar-refractivity contribution < 1.29 is 0 Å². The van der Waals surface area contributed by atoms with Crippen LogP contribution in [-0.4, -0.2) is 24.5 Å². The van der Waals surface area contributed by atoms with E-state index in [0.717, 1.165) is 5.92 Å². The third kappa shape index (κ3) is 2.63. The highest BCUT2D eigenvalue weighted by Crippen LogP contribution is 2.28. The SMILES string of the molecule is CC(c1ccccc1)N(C)CC1CC(N)C1. The molecule has 1 aromatic carbocycles. The molecule has 1 saturated carbocycles. The molecular weight excluding hydrogens is 196 g/mol. The summed E-state index contributed by atoms with van der Waals surface area (Å²) in [5.74, 6) is 0.811. The minimum atomic E-state index is 0.463. The number of hydrogen-bond acceptors (Lipinski definition) is 2. The molecule has 1 fully saturated rings. The van der Waals surface area contributed by atoms with E-state index in [2.05, 4.69) is 49.2 Å². The normalized spacial score (nSPS) is 26.5. The molecule has 0 aliphatic heterocycles. The molecule has 1 atom stereocenters. The second kappa shape index (κ2) is 4.98. The molecule has 1 unspecified atom stereocenters. The lowest BCUT2D eigenvalue weighted by molar-refractivity contribution is 0.153. The lowest BCUT2D eigenvalue weighted by atomic mass is 9.80. The van der Waals surface area contributed by atoms with Gasteiger partial charge in [0.1, 0.15) is 0 Å². The average molecular weight is 218 g/mol. The van der Waals surface area contributed by atoms with E-state index in [0.29, 0.717) is 12.1 Å². The standard InChI is InChI=1S/C14H22N2/c1-11(13-6-4-3-5-7-13)16(2)10-12-8-14(15)9-12/h3-7,11-12,14H,8-10,15H2,1-2H3. The zero-order valence-electron chi connectivity index (χ0n) is 10.3. The first-order valence-electron chi connectivity index (χ1n) is 6.17. The minimum Gasteiger partial charge on any atom is -0.328 e. The maximum atomic E-state index is 5.81. The molecule has 2 nitrogen and oxygen atoms in total. The van der Waals surface area contributed by atoms with Gasteiger partial charge in [-0.15, -0.1) is 0 Å². The first-order valence-corrected chi connectivity index (χ1v) is 6.17. The molecule has 0 amide bonds. The van der Waals surface area contributed by atoms with E-state index in [1.807, 2.05) is 0 Å². The highest BCUT2D eigenvalue weighted by Gasteiger charge is 2.27. The van der Waals surface area contributed by atoms with E-state index < -0.39 is 0 Å². The lowest BCUT2D eigenvalue weighted by Gasteiger charge is -2.37. The van der Waals surface area contributed by atoms with Crippen molar-refractivity contribution in [2.24, 2.45) is 11.7 Å². The molecule has 1 aromatic rings. The van der Waals surface area contributed by atoms with Crippen LogP contribution in [0.5, 0.6) is 0 Å². The van der Waals surface area contributed by atoms with Crippen molar-refractivity contribution in [1.29, 1.82) is 0 Å². The van der Waals surface area contributed by atoms with Crippen molar-refractivity contribution in [2.45, 2.75) is 31.8 Å². The van der Waals surface area contributed by atoms with E-state index in [1.165, 1.54) is 24.9 Å². The molecule has 88 valence electrons. The van der Waals surface area contributed by atoms with Crippen LogP contribution < -0.4 is 5.73 Å². The van der Waals surface area contributed by atoms with Gasteiger partial charge in [-0.25, -0.2) is 0 Å². The maximum Gasteiger partial charge on any atom is 0.0316 e. The Morgan fingerprint density at radius 2 is 1.94 bits per heavy atom. The van der Waals surface area contributed by atoms with E-state index in [1.54, 1.807) is 0 Å². The number of rotatable bonds is 4. The Morgan fingerprint density at radius 1 is 1.31 bits per heavy atom. The van der Waals surface area contributed by atoms with Crippen LogP contribution in [0.2, 0.25) is 0 Å². The molecule has 0 aromatic heterocycles. The van der Waals surface area contributed by atoms with E-state index in [-0.39, 0.29) is 0 Å². The van der Waals surface area contributed by atoms with Crippen molar-refractivity contribution in [3.63, 3.8) is 0 Å². The number of benzene rings is 1. The van der Waals surface area contributed by atoms with Crippen molar-refractivity contribution >= 4 is 0 Å². The summed E-state index contributed by atoms with van der Waals surface area (Å²) in [5.41, 5.74) is 7.21. The molecule has 1 aliphatic carbocycles. The molecule has 1 aliphatic rings. The fraction of sp³-hybridized carbons (Fsp3) is 0.571. The Kier molecular flexibility index (Phi) is 3.62. The summed E-state index contributed by atoms with van der Waals surface area (Å²) in [7, 11) is 2.21. The zero-order valence-corrected chi connectivity index (χ0v) is 10.3. The van der Waals surface area contributed by atoms with Gasteiger partial charge in [0.2, 0.25) is 0 Å². The Hall–Kier alpha value is -0.860. The van der Waals surface area contributed by atoms with Crippen molar-refractivity contribution in [1.82, 2.24) is 4.90 Å². The summed E-state index contributed by atoms with van der Waals surface area (Å²) in [5, 5.41) is 0. The van der Waals surface area contributed by atoms with Crippen LogP contribution in [0, 0.1) is 5.92 Å². The Bertz CT molecular complexity index is 317. The monoisotopic (exact) mass is 218 g/mol. The summed E-state index contributed by atoms with van der Waals surface area (Å²) in [4.78, 5) is 2.44. The molecular formula is C14H22N2. The summed E-state index contributed by atoms with van der Waals surface area (Å²) in [6.45, 7) is 3.44. The van der Waals surface area contributed by atoms with E-state index >= 15 is 0 Å². The fourth-order valence-electron chi connectivity index (χ4n) is 2.49. The van der Waals surface area contributed by atoms with Gasteiger partial charge >= 0.3 is 0 Å². The first-order chi connectivity index (χ1) is 7.66. The smallest absolute Gasteiger partial charge is 0.0316 e. The number of hydrogen-bond donors (Lipinski definition) is 1. The second-order valence-corrected chi connectivity index (χ2v) is 5.12. The van der Waals surface area contributed by atoms with Crippen molar-refractivity contribution in [2.75, 3.05) is 13.6 Å². The quantitative estimate of drug-likeness (QED) is 0.841. The molecule has 2 N–H and O–H groups in total. The fourth-order valence-corrected chi connectivity index (χ4v) is 2.49.